The van der Waals surface area contributed by atoms with Gasteiger partial charge in [-0.2, -0.15) is 13.2 Å². The molecule has 1 aromatic heterocycles. The molecule has 0 radical (unpaired) electrons. The minimum atomic E-state index is -4.38. The summed E-state index contributed by atoms with van der Waals surface area (Å²) in [4.78, 5) is 9.77. The maximum Gasteiger partial charge on any atom is 0.434 e. The fourth-order valence-corrected chi connectivity index (χ4v) is 2.96. The number of aromatic nitrogens is 1. The van der Waals surface area contributed by atoms with Crippen molar-refractivity contribution >= 4 is 17.3 Å². The summed E-state index contributed by atoms with van der Waals surface area (Å²) in [5.74, 6) is 0.687. The largest absolute Gasteiger partial charge is 0.434 e. The first-order valence-electron chi connectivity index (χ1n) is 7.37. The molecular weight excluding hydrogens is 337 g/mol. The van der Waals surface area contributed by atoms with Crippen molar-refractivity contribution in [2.75, 3.05) is 20.6 Å². The Morgan fingerprint density at radius 3 is 2.58 bits per heavy atom. The van der Waals surface area contributed by atoms with E-state index in [2.05, 4.69) is 15.3 Å². The van der Waals surface area contributed by atoms with E-state index in [1.165, 1.54) is 0 Å². The molecule has 0 aliphatic carbocycles. The van der Waals surface area contributed by atoms with Crippen molar-refractivity contribution in [3.8, 4) is 0 Å². The third-order valence-corrected chi connectivity index (χ3v) is 4.21. The van der Waals surface area contributed by atoms with E-state index in [0.717, 1.165) is 22.3 Å². The van der Waals surface area contributed by atoms with Crippen LogP contribution in [0.15, 0.2) is 40.7 Å². The number of hydrogen-bond acceptors (Lipinski definition) is 3. The van der Waals surface area contributed by atoms with Gasteiger partial charge in [-0.1, -0.05) is 30.3 Å². The van der Waals surface area contributed by atoms with Gasteiger partial charge in [0.15, 0.2) is 11.7 Å². The van der Waals surface area contributed by atoms with Crippen LogP contribution in [-0.4, -0.2) is 36.5 Å². The standard InChI is InChI=1S/C16H19F3N4S/c1-20-15(23(2)10-12-6-4-3-5-7-12)21-9-8-14-22-13(11-24-14)16(17,18)19/h3-7,11H,8-10H2,1-2H3,(H,20,21). The van der Waals surface area contributed by atoms with Gasteiger partial charge in [0.25, 0.3) is 0 Å². The van der Waals surface area contributed by atoms with Crippen LogP contribution in [0.2, 0.25) is 0 Å². The van der Waals surface area contributed by atoms with Crippen LogP contribution >= 0.6 is 11.3 Å². The molecule has 0 fully saturated rings. The van der Waals surface area contributed by atoms with Crippen LogP contribution in [0.5, 0.6) is 0 Å². The number of nitrogens with one attached hydrogen (secondary N) is 1. The molecule has 24 heavy (non-hydrogen) atoms. The number of guanidine groups is 1. The predicted molar refractivity (Wildman–Crippen MR) is 90.1 cm³/mol. The molecule has 0 spiro atoms. The number of benzene rings is 1. The molecule has 0 bridgehead atoms. The molecule has 130 valence electrons. The Balaban J connectivity index is 1.84. The Hall–Kier alpha value is -2.09. The highest BCUT2D eigenvalue weighted by Crippen LogP contribution is 2.29. The molecule has 4 nitrogen and oxygen atoms in total. The van der Waals surface area contributed by atoms with Crippen LogP contribution in [0, 0.1) is 0 Å². The van der Waals surface area contributed by atoms with Crippen molar-refractivity contribution in [1.29, 1.82) is 0 Å². The van der Waals surface area contributed by atoms with E-state index in [9.17, 15) is 13.2 Å². The quantitative estimate of drug-likeness (QED) is 0.659. The normalized spacial score (nSPS) is 12.3. The lowest BCUT2D eigenvalue weighted by atomic mass is 10.2. The van der Waals surface area contributed by atoms with Gasteiger partial charge >= 0.3 is 6.18 Å². The van der Waals surface area contributed by atoms with Gasteiger partial charge in [0.2, 0.25) is 0 Å². The van der Waals surface area contributed by atoms with Crippen LogP contribution in [0.4, 0.5) is 13.2 Å². The van der Waals surface area contributed by atoms with Crippen LogP contribution in [0.3, 0.4) is 0 Å². The van der Waals surface area contributed by atoms with Crippen molar-refractivity contribution in [2.24, 2.45) is 4.99 Å². The molecule has 8 heteroatoms. The topological polar surface area (TPSA) is 40.5 Å². The number of thiazole rings is 1. The summed E-state index contributed by atoms with van der Waals surface area (Å²) in [5, 5.41) is 4.65. The molecule has 0 aliphatic heterocycles. The van der Waals surface area contributed by atoms with Crippen molar-refractivity contribution in [2.45, 2.75) is 19.1 Å². The zero-order valence-electron chi connectivity index (χ0n) is 13.5. The van der Waals surface area contributed by atoms with Crippen molar-refractivity contribution in [3.05, 3.63) is 52.0 Å². The molecule has 0 atom stereocenters. The van der Waals surface area contributed by atoms with Gasteiger partial charge in [-0.25, -0.2) is 4.98 Å². The minimum Gasteiger partial charge on any atom is -0.356 e. The Labute approximate surface area is 143 Å². The minimum absolute atomic E-state index is 0.416. The third-order valence-electron chi connectivity index (χ3n) is 3.30. The van der Waals surface area contributed by atoms with E-state index in [4.69, 9.17) is 0 Å². The van der Waals surface area contributed by atoms with Crippen LogP contribution < -0.4 is 5.32 Å². The molecule has 2 aromatic rings. The zero-order chi connectivity index (χ0) is 17.6. The van der Waals surface area contributed by atoms with Crippen molar-refractivity contribution in [3.63, 3.8) is 0 Å². The summed E-state index contributed by atoms with van der Waals surface area (Å²) >= 11 is 1.02. The molecule has 2 rings (SSSR count). The third kappa shape index (κ3) is 5.23. The Morgan fingerprint density at radius 1 is 1.29 bits per heavy atom. The SMILES string of the molecule is CN=C(NCCc1nc(C(F)(F)F)cs1)N(C)Cc1ccccc1. The fraction of sp³-hybridized carbons (Fsp3) is 0.375. The van der Waals surface area contributed by atoms with Gasteiger partial charge in [0, 0.05) is 39.0 Å². The maximum atomic E-state index is 12.5. The summed E-state index contributed by atoms with van der Waals surface area (Å²) in [6.45, 7) is 1.16. The summed E-state index contributed by atoms with van der Waals surface area (Å²) in [7, 11) is 3.59. The second-order valence-corrected chi connectivity index (χ2v) is 6.13. The van der Waals surface area contributed by atoms with Crippen LogP contribution in [0.25, 0.3) is 0 Å². The number of nitrogens with zero attached hydrogens (tertiary/aromatic N) is 3. The first-order valence-corrected chi connectivity index (χ1v) is 8.25. The van der Waals surface area contributed by atoms with E-state index in [1.807, 2.05) is 42.3 Å². The van der Waals surface area contributed by atoms with E-state index in [1.54, 1.807) is 7.05 Å². The zero-order valence-corrected chi connectivity index (χ0v) is 14.3. The van der Waals surface area contributed by atoms with Crippen LogP contribution in [-0.2, 0) is 19.1 Å². The second-order valence-electron chi connectivity index (χ2n) is 5.19. The number of rotatable bonds is 5. The second kappa shape index (κ2) is 8.14. The van der Waals surface area contributed by atoms with E-state index in [-0.39, 0.29) is 0 Å². The predicted octanol–water partition coefficient (Wildman–Crippen LogP) is 3.41. The van der Waals surface area contributed by atoms with E-state index in [0.29, 0.717) is 30.5 Å². The molecule has 0 aliphatic rings. The number of hydrogen-bond donors (Lipinski definition) is 1. The lowest BCUT2D eigenvalue weighted by Gasteiger charge is -2.22. The van der Waals surface area contributed by atoms with Gasteiger partial charge in [-0.15, -0.1) is 11.3 Å². The summed E-state index contributed by atoms with van der Waals surface area (Å²) in [5.41, 5.74) is 0.325. The molecule has 1 aromatic carbocycles. The average Bonchev–Trinajstić information content (AvgIpc) is 3.01. The van der Waals surface area contributed by atoms with Gasteiger partial charge in [0.05, 0.1) is 5.01 Å². The number of alkyl halides is 3. The van der Waals surface area contributed by atoms with Gasteiger partial charge in [-0.3, -0.25) is 4.99 Å². The lowest BCUT2D eigenvalue weighted by molar-refractivity contribution is -0.140. The average molecular weight is 356 g/mol. The van der Waals surface area contributed by atoms with Gasteiger partial charge in [-0.05, 0) is 5.56 Å². The lowest BCUT2D eigenvalue weighted by Crippen LogP contribution is -2.39. The summed E-state index contributed by atoms with van der Waals surface area (Å²) < 4.78 is 37.6. The highest BCUT2D eigenvalue weighted by Gasteiger charge is 2.33. The molecule has 0 unspecified atom stereocenters. The van der Waals surface area contributed by atoms with Gasteiger partial charge < -0.3 is 10.2 Å². The molecule has 0 saturated carbocycles. The Bertz CT molecular complexity index is 667. The molecule has 1 heterocycles. The first kappa shape index (κ1) is 18.3. The maximum absolute atomic E-state index is 12.5. The molecule has 0 saturated heterocycles. The van der Waals surface area contributed by atoms with E-state index < -0.39 is 11.9 Å². The molecule has 1 N–H and O–H groups in total. The molecular formula is C16H19F3N4S. The van der Waals surface area contributed by atoms with Crippen LogP contribution in [0.1, 0.15) is 16.3 Å². The van der Waals surface area contributed by atoms with E-state index >= 15 is 0 Å². The summed E-state index contributed by atoms with van der Waals surface area (Å²) in [6, 6.07) is 9.95. The first-order chi connectivity index (χ1) is 11.4. The van der Waals surface area contributed by atoms with Crippen molar-refractivity contribution in [1.82, 2.24) is 15.2 Å². The molecule has 0 amide bonds. The highest BCUT2D eigenvalue weighted by atomic mass is 32.1. The monoisotopic (exact) mass is 356 g/mol. The smallest absolute Gasteiger partial charge is 0.356 e. The van der Waals surface area contributed by atoms with Gasteiger partial charge in [0.1, 0.15) is 0 Å². The fourth-order valence-electron chi connectivity index (χ4n) is 2.15. The Morgan fingerprint density at radius 2 is 2.00 bits per heavy atom. The number of halogens is 3. The van der Waals surface area contributed by atoms with Crippen molar-refractivity contribution < 1.29 is 13.2 Å². The number of aliphatic imine (C=N–C) groups is 1. The summed E-state index contributed by atoms with van der Waals surface area (Å²) in [6.07, 6.45) is -3.97. The Kier molecular flexibility index (Phi) is 6.19. The highest BCUT2D eigenvalue weighted by molar-refractivity contribution is 7.09.